The first-order chi connectivity index (χ1) is 8.49. The monoisotopic (exact) mass is 268 g/mol. The second-order valence-corrected chi connectivity index (χ2v) is 5.75. The number of hydrogen-bond acceptors (Lipinski definition) is 5. The fourth-order valence-electron chi connectivity index (χ4n) is 1.87. The normalized spacial score (nSPS) is 19.5. The fourth-order valence-corrected chi connectivity index (χ4v) is 2.68. The second-order valence-electron chi connectivity index (χ2n) is 4.74. The van der Waals surface area contributed by atoms with E-state index < -0.39 is 0 Å². The summed E-state index contributed by atoms with van der Waals surface area (Å²) in [6.45, 7) is 4.97. The largest absolute Gasteiger partial charge is 0.369 e. The molecule has 1 fully saturated rings. The summed E-state index contributed by atoms with van der Waals surface area (Å²) in [5.74, 6) is -0.457. The zero-order valence-corrected chi connectivity index (χ0v) is 11.2. The van der Waals surface area contributed by atoms with Crippen LogP contribution in [0.2, 0.25) is 0 Å². The molecular formula is C11H16N4O2S. The summed E-state index contributed by atoms with van der Waals surface area (Å²) in [7, 11) is 0. The van der Waals surface area contributed by atoms with Crippen molar-refractivity contribution in [2.75, 3.05) is 13.1 Å². The summed E-state index contributed by atoms with van der Waals surface area (Å²) < 4.78 is 0. The van der Waals surface area contributed by atoms with Crippen LogP contribution in [0.25, 0.3) is 0 Å². The lowest BCUT2D eigenvalue weighted by atomic mass is 10.1. The Labute approximate surface area is 109 Å². The molecular weight excluding hydrogens is 252 g/mol. The highest BCUT2D eigenvalue weighted by Crippen LogP contribution is 2.23. The SMILES string of the molecule is CC(C)c1nnc(C(=O)N2CCC(C(N)=O)C2)s1. The first-order valence-corrected chi connectivity index (χ1v) is 6.72. The minimum atomic E-state index is -0.342. The van der Waals surface area contributed by atoms with Crippen LogP contribution in [0.3, 0.4) is 0 Å². The van der Waals surface area contributed by atoms with Crippen LogP contribution in [0.5, 0.6) is 0 Å². The average molecular weight is 268 g/mol. The van der Waals surface area contributed by atoms with Gasteiger partial charge in [-0.1, -0.05) is 25.2 Å². The molecule has 1 aromatic rings. The Balaban J connectivity index is 2.05. The number of carbonyl (C=O) groups excluding carboxylic acids is 2. The molecule has 2 heterocycles. The molecule has 1 aliphatic rings. The molecule has 1 saturated heterocycles. The summed E-state index contributed by atoms with van der Waals surface area (Å²) in [5.41, 5.74) is 5.24. The van der Waals surface area contributed by atoms with Crippen LogP contribution < -0.4 is 5.73 Å². The Morgan fingerprint density at radius 3 is 2.67 bits per heavy atom. The van der Waals surface area contributed by atoms with Gasteiger partial charge >= 0.3 is 0 Å². The molecule has 2 rings (SSSR count). The highest BCUT2D eigenvalue weighted by molar-refractivity contribution is 7.13. The van der Waals surface area contributed by atoms with Gasteiger partial charge < -0.3 is 10.6 Å². The molecule has 98 valence electrons. The van der Waals surface area contributed by atoms with E-state index in [-0.39, 0.29) is 23.7 Å². The van der Waals surface area contributed by atoms with E-state index in [0.29, 0.717) is 24.5 Å². The maximum absolute atomic E-state index is 12.1. The van der Waals surface area contributed by atoms with Crippen LogP contribution >= 0.6 is 11.3 Å². The first kappa shape index (κ1) is 12.9. The third kappa shape index (κ3) is 2.50. The van der Waals surface area contributed by atoms with Gasteiger partial charge in [0.15, 0.2) is 0 Å². The summed E-state index contributed by atoms with van der Waals surface area (Å²) in [6.07, 6.45) is 0.636. The van der Waals surface area contributed by atoms with Crippen molar-refractivity contribution in [3.05, 3.63) is 10.0 Å². The molecule has 0 bridgehead atoms. The summed E-state index contributed by atoms with van der Waals surface area (Å²) >= 11 is 1.32. The molecule has 0 radical (unpaired) electrons. The number of aromatic nitrogens is 2. The van der Waals surface area contributed by atoms with Crippen LogP contribution in [0.15, 0.2) is 0 Å². The Hall–Kier alpha value is -1.50. The predicted molar refractivity (Wildman–Crippen MR) is 67.2 cm³/mol. The van der Waals surface area contributed by atoms with E-state index in [4.69, 9.17) is 5.73 Å². The van der Waals surface area contributed by atoms with Gasteiger partial charge in [0.1, 0.15) is 5.01 Å². The van der Waals surface area contributed by atoms with E-state index in [0.717, 1.165) is 5.01 Å². The summed E-state index contributed by atoms with van der Waals surface area (Å²) in [4.78, 5) is 24.8. The standard InChI is InChI=1S/C11H16N4O2S/c1-6(2)9-13-14-10(18-9)11(17)15-4-3-7(5-15)8(12)16/h6-7H,3-5H2,1-2H3,(H2,12,16). The van der Waals surface area contributed by atoms with Gasteiger partial charge in [0.25, 0.3) is 5.91 Å². The second kappa shape index (κ2) is 5.01. The maximum Gasteiger partial charge on any atom is 0.284 e. The van der Waals surface area contributed by atoms with E-state index >= 15 is 0 Å². The zero-order chi connectivity index (χ0) is 13.3. The molecule has 2 N–H and O–H groups in total. The summed E-state index contributed by atoms with van der Waals surface area (Å²) in [6, 6.07) is 0. The van der Waals surface area contributed by atoms with E-state index in [2.05, 4.69) is 10.2 Å². The van der Waals surface area contributed by atoms with Crippen molar-refractivity contribution >= 4 is 23.2 Å². The Kier molecular flexibility index (Phi) is 3.60. The van der Waals surface area contributed by atoms with Crippen molar-refractivity contribution in [1.29, 1.82) is 0 Å². The molecule has 0 spiro atoms. The molecule has 6 nitrogen and oxygen atoms in total. The van der Waals surface area contributed by atoms with Gasteiger partial charge in [-0.3, -0.25) is 9.59 Å². The van der Waals surface area contributed by atoms with Gasteiger partial charge in [0.2, 0.25) is 10.9 Å². The predicted octanol–water partition coefficient (Wildman–Crippen LogP) is 0.609. The summed E-state index contributed by atoms with van der Waals surface area (Å²) in [5, 5.41) is 9.15. The third-order valence-electron chi connectivity index (χ3n) is 3.00. The number of rotatable bonds is 3. The Morgan fingerprint density at radius 2 is 2.17 bits per heavy atom. The molecule has 1 aromatic heterocycles. The number of nitrogens with two attached hydrogens (primary N) is 1. The van der Waals surface area contributed by atoms with Crippen LogP contribution in [-0.2, 0) is 4.79 Å². The number of primary amides is 1. The van der Waals surface area contributed by atoms with E-state index in [1.165, 1.54) is 11.3 Å². The van der Waals surface area contributed by atoms with Crippen LogP contribution in [0.1, 0.15) is 41.0 Å². The number of carbonyl (C=O) groups is 2. The molecule has 0 aromatic carbocycles. The third-order valence-corrected chi connectivity index (χ3v) is 4.21. The molecule has 0 aliphatic carbocycles. The smallest absolute Gasteiger partial charge is 0.284 e. The van der Waals surface area contributed by atoms with Crippen molar-refractivity contribution in [1.82, 2.24) is 15.1 Å². The molecule has 1 unspecified atom stereocenters. The lowest BCUT2D eigenvalue weighted by molar-refractivity contribution is -0.121. The van der Waals surface area contributed by atoms with Crippen molar-refractivity contribution in [3.8, 4) is 0 Å². The van der Waals surface area contributed by atoms with Gasteiger partial charge in [-0.05, 0) is 6.42 Å². The van der Waals surface area contributed by atoms with E-state index in [9.17, 15) is 9.59 Å². The fraction of sp³-hybridized carbons (Fsp3) is 0.636. The van der Waals surface area contributed by atoms with E-state index in [1.54, 1.807) is 4.90 Å². The minimum Gasteiger partial charge on any atom is -0.369 e. The number of hydrogen-bond donors (Lipinski definition) is 1. The van der Waals surface area contributed by atoms with Crippen molar-refractivity contribution in [2.24, 2.45) is 11.7 Å². The first-order valence-electron chi connectivity index (χ1n) is 5.91. The van der Waals surface area contributed by atoms with E-state index in [1.807, 2.05) is 13.8 Å². The maximum atomic E-state index is 12.1. The number of nitrogens with zero attached hydrogens (tertiary/aromatic N) is 3. The molecule has 1 aliphatic heterocycles. The van der Waals surface area contributed by atoms with Crippen molar-refractivity contribution < 1.29 is 9.59 Å². The molecule has 2 amide bonds. The van der Waals surface area contributed by atoms with Crippen LogP contribution in [0, 0.1) is 5.92 Å². The van der Waals surface area contributed by atoms with Gasteiger partial charge in [-0.2, -0.15) is 0 Å². The van der Waals surface area contributed by atoms with Gasteiger partial charge in [0.05, 0.1) is 5.92 Å². The highest BCUT2D eigenvalue weighted by atomic mass is 32.1. The number of amides is 2. The Morgan fingerprint density at radius 1 is 1.44 bits per heavy atom. The zero-order valence-electron chi connectivity index (χ0n) is 10.4. The van der Waals surface area contributed by atoms with Crippen molar-refractivity contribution in [3.63, 3.8) is 0 Å². The van der Waals surface area contributed by atoms with Crippen LogP contribution in [0.4, 0.5) is 0 Å². The van der Waals surface area contributed by atoms with Gasteiger partial charge in [0, 0.05) is 19.0 Å². The quantitative estimate of drug-likeness (QED) is 0.869. The molecule has 7 heteroatoms. The molecule has 1 atom stereocenters. The molecule has 0 saturated carbocycles. The van der Waals surface area contributed by atoms with Crippen molar-refractivity contribution in [2.45, 2.75) is 26.2 Å². The lowest BCUT2D eigenvalue weighted by Gasteiger charge is -2.13. The lowest BCUT2D eigenvalue weighted by Crippen LogP contribution is -2.31. The van der Waals surface area contributed by atoms with Gasteiger partial charge in [-0.25, -0.2) is 0 Å². The number of likely N-dealkylation sites (tertiary alicyclic amines) is 1. The van der Waals surface area contributed by atoms with Crippen LogP contribution in [-0.4, -0.2) is 40.0 Å². The minimum absolute atomic E-state index is 0.150. The topological polar surface area (TPSA) is 89.2 Å². The highest BCUT2D eigenvalue weighted by Gasteiger charge is 2.31. The Bertz CT molecular complexity index is 471. The average Bonchev–Trinajstić information content (AvgIpc) is 2.97. The van der Waals surface area contributed by atoms with Gasteiger partial charge in [-0.15, -0.1) is 10.2 Å². The molecule has 18 heavy (non-hydrogen) atoms.